The Kier molecular flexibility index (Phi) is 44.8. The lowest BCUT2D eigenvalue weighted by Gasteiger charge is -2.19. The number of phosphoric acid groups is 1. The first-order valence-corrected chi connectivity index (χ1v) is 26.3. The molecule has 0 amide bonds. The predicted octanol–water partition coefficient (Wildman–Crippen LogP) is 14.7. The Balaban J connectivity index is 4.04. The zero-order valence-corrected chi connectivity index (χ0v) is 39.4. The lowest BCUT2D eigenvalue weighted by molar-refractivity contribution is -0.161. The van der Waals surface area contributed by atoms with Crippen molar-refractivity contribution in [2.75, 3.05) is 26.4 Å². The van der Waals surface area contributed by atoms with Gasteiger partial charge in [-0.1, -0.05) is 212 Å². The van der Waals surface area contributed by atoms with E-state index in [0.717, 1.165) is 51.4 Å². The van der Waals surface area contributed by atoms with Crippen LogP contribution in [0.1, 0.15) is 245 Å². The van der Waals surface area contributed by atoms with Gasteiger partial charge < -0.3 is 20.1 Å². The smallest absolute Gasteiger partial charge is 0.462 e. The fourth-order valence-corrected chi connectivity index (χ4v) is 7.90. The van der Waals surface area contributed by atoms with Crippen LogP contribution in [0.15, 0.2) is 24.3 Å². The van der Waals surface area contributed by atoms with Crippen LogP contribution in [0.25, 0.3) is 0 Å². The zero-order valence-electron chi connectivity index (χ0n) is 38.5. The highest BCUT2D eigenvalue weighted by Crippen LogP contribution is 2.43. The largest absolute Gasteiger partial charge is 0.472 e. The van der Waals surface area contributed by atoms with Gasteiger partial charge in [0.2, 0.25) is 0 Å². The Bertz CT molecular complexity index is 1020. The van der Waals surface area contributed by atoms with E-state index >= 15 is 0 Å². The minimum Gasteiger partial charge on any atom is -0.462 e. The summed E-state index contributed by atoms with van der Waals surface area (Å²) in [6.45, 7) is 3.74. The number of allylic oxidation sites excluding steroid dienone is 4. The summed E-state index contributed by atoms with van der Waals surface area (Å²) in [5.41, 5.74) is 5.36. The molecule has 3 N–H and O–H groups in total. The third-order valence-electron chi connectivity index (χ3n) is 10.8. The molecular formula is C49H94NO8P. The summed E-state index contributed by atoms with van der Waals surface area (Å²) in [4.78, 5) is 35.0. The molecule has 10 heteroatoms. The molecule has 9 nitrogen and oxygen atoms in total. The van der Waals surface area contributed by atoms with Gasteiger partial charge in [-0.05, 0) is 44.9 Å². The topological polar surface area (TPSA) is 134 Å². The fraction of sp³-hybridized carbons (Fsp3) is 0.878. The van der Waals surface area contributed by atoms with Crippen molar-refractivity contribution in [3.8, 4) is 0 Å². The molecule has 1 unspecified atom stereocenters. The minimum atomic E-state index is -4.38. The normalized spacial score (nSPS) is 13.4. The van der Waals surface area contributed by atoms with Crippen LogP contribution in [-0.4, -0.2) is 49.3 Å². The molecule has 0 bridgehead atoms. The van der Waals surface area contributed by atoms with Crippen LogP contribution in [-0.2, 0) is 32.7 Å². The Hall–Kier alpha value is -1.51. The van der Waals surface area contributed by atoms with Crippen LogP contribution in [0.3, 0.4) is 0 Å². The monoisotopic (exact) mass is 856 g/mol. The summed E-state index contributed by atoms with van der Waals surface area (Å²) in [5.74, 6) is -0.825. The van der Waals surface area contributed by atoms with Gasteiger partial charge in [-0.3, -0.25) is 18.6 Å². The van der Waals surface area contributed by atoms with Gasteiger partial charge >= 0.3 is 19.8 Å². The van der Waals surface area contributed by atoms with Crippen molar-refractivity contribution < 1.29 is 37.6 Å². The highest BCUT2D eigenvalue weighted by Gasteiger charge is 2.26. The average Bonchev–Trinajstić information content (AvgIpc) is 3.22. The Labute approximate surface area is 363 Å². The van der Waals surface area contributed by atoms with Crippen molar-refractivity contribution in [1.29, 1.82) is 0 Å². The van der Waals surface area contributed by atoms with Crippen LogP contribution in [0.4, 0.5) is 0 Å². The second kappa shape index (κ2) is 46.0. The van der Waals surface area contributed by atoms with Gasteiger partial charge in [0.05, 0.1) is 13.2 Å². The standard InChI is InChI=1S/C49H94NO8P/c1-3-5-7-9-11-13-15-17-19-21-22-23-24-26-28-30-32-34-36-38-40-42-49(52)58-47(46-57-59(53,54)56-44-43-50)45-55-48(51)41-39-37-35-33-31-29-27-25-20-18-16-14-12-10-8-6-4-2/h12,14,18,20,47H,3-11,13,15-17,19,21-46,50H2,1-2H3,(H,53,54)/b14-12+,20-18+/t47-/m1/s1. The third-order valence-corrected chi connectivity index (χ3v) is 11.8. The van der Waals surface area contributed by atoms with E-state index in [2.05, 4.69) is 38.2 Å². The molecule has 0 aliphatic carbocycles. The maximum atomic E-state index is 12.6. The quantitative estimate of drug-likeness (QED) is 0.0265. The number of hydrogen-bond donors (Lipinski definition) is 2. The summed E-state index contributed by atoms with van der Waals surface area (Å²) >= 11 is 0. The molecule has 0 aromatic rings. The van der Waals surface area contributed by atoms with E-state index in [9.17, 15) is 19.0 Å². The number of hydrogen-bond acceptors (Lipinski definition) is 8. The zero-order chi connectivity index (χ0) is 43.2. The number of unbranched alkanes of at least 4 members (excludes halogenated alkanes) is 30. The molecule has 2 atom stereocenters. The van der Waals surface area contributed by atoms with E-state index in [-0.39, 0.29) is 38.6 Å². The van der Waals surface area contributed by atoms with E-state index in [1.807, 2.05) is 0 Å². The number of nitrogens with two attached hydrogens (primary N) is 1. The molecule has 59 heavy (non-hydrogen) atoms. The lowest BCUT2D eigenvalue weighted by atomic mass is 10.0. The first kappa shape index (κ1) is 57.5. The van der Waals surface area contributed by atoms with Crippen LogP contribution < -0.4 is 5.73 Å². The molecule has 0 aromatic carbocycles. The van der Waals surface area contributed by atoms with Crippen LogP contribution in [0.5, 0.6) is 0 Å². The second-order valence-corrected chi connectivity index (χ2v) is 18.1. The lowest BCUT2D eigenvalue weighted by Crippen LogP contribution is -2.29. The summed E-state index contributed by atoms with van der Waals surface area (Å²) in [6.07, 6.45) is 50.7. The minimum absolute atomic E-state index is 0.0542. The number of ether oxygens (including phenoxy) is 2. The number of esters is 2. The van der Waals surface area contributed by atoms with E-state index in [1.54, 1.807) is 0 Å². The maximum absolute atomic E-state index is 12.6. The Morgan fingerprint density at radius 2 is 0.881 bits per heavy atom. The van der Waals surface area contributed by atoms with E-state index in [4.69, 9.17) is 24.3 Å². The highest BCUT2D eigenvalue weighted by atomic mass is 31.2. The highest BCUT2D eigenvalue weighted by molar-refractivity contribution is 7.47. The third kappa shape index (κ3) is 45.8. The van der Waals surface area contributed by atoms with Gasteiger partial charge in [-0.15, -0.1) is 0 Å². The van der Waals surface area contributed by atoms with Gasteiger partial charge in [0.25, 0.3) is 0 Å². The molecule has 0 fully saturated rings. The summed E-state index contributed by atoms with van der Waals surface area (Å²) in [7, 11) is -4.38. The van der Waals surface area contributed by atoms with Gasteiger partial charge in [0.1, 0.15) is 6.61 Å². The second-order valence-electron chi connectivity index (χ2n) is 16.7. The number of carbonyl (C=O) groups excluding carboxylic acids is 2. The molecule has 0 rings (SSSR count). The SMILES string of the molecule is CCCCC/C=C/C/C=C/CCCCCCCCCC(=O)OC[C@H](COP(=O)(O)OCCN)OC(=O)CCCCCCCCCCCCCCCCCCCCCCC. The van der Waals surface area contributed by atoms with E-state index in [1.165, 1.54) is 161 Å². The van der Waals surface area contributed by atoms with Gasteiger partial charge in [0.15, 0.2) is 6.10 Å². The molecule has 0 spiro atoms. The van der Waals surface area contributed by atoms with Crippen LogP contribution in [0, 0.1) is 0 Å². The molecule has 0 heterocycles. The van der Waals surface area contributed by atoms with Crippen molar-refractivity contribution in [3.05, 3.63) is 24.3 Å². The van der Waals surface area contributed by atoms with Gasteiger partial charge in [0, 0.05) is 19.4 Å². The molecular weight excluding hydrogens is 762 g/mol. The van der Waals surface area contributed by atoms with E-state index < -0.39 is 26.5 Å². The molecule has 0 aliphatic heterocycles. The van der Waals surface area contributed by atoms with E-state index in [0.29, 0.717) is 6.42 Å². The molecule has 0 radical (unpaired) electrons. The van der Waals surface area contributed by atoms with Gasteiger partial charge in [-0.25, -0.2) is 4.57 Å². The first-order valence-electron chi connectivity index (χ1n) is 24.8. The molecule has 348 valence electrons. The van der Waals surface area contributed by atoms with Crippen molar-refractivity contribution >= 4 is 19.8 Å². The van der Waals surface area contributed by atoms with Crippen molar-refractivity contribution in [3.63, 3.8) is 0 Å². The summed E-state index contributed by atoms with van der Waals surface area (Å²) in [5, 5.41) is 0. The molecule has 0 aliphatic rings. The van der Waals surface area contributed by atoms with Crippen molar-refractivity contribution in [1.82, 2.24) is 0 Å². The fourth-order valence-electron chi connectivity index (χ4n) is 7.14. The summed E-state index contributed by atoms with van der Waals surface area (Å²) < 4.78 is 32.9. The molecule has 0 saturated carbocycles. The van der Waals surface area contributed by atoms with Crippen molar-refractivity contribution in [2.24, 2.45) is 5.73 Å². The Morgan fingerprint density at radius 1 is 0.508 bits per heavy atom. The Morgan fingerprint density at radius 3 is 1.32 bits per heavy atom. The molecule has 0 saturated heterocycles. The predicted molar refractivity (Wildman–Crippen MR) is 247 cm³/mol. The summed E-state index contributed by atoms with van der Waals surface area (Å²) in [6, 6.07) is 0. The number of phosphoric ester groups is 1. The number of rotatable bonds is 47. The van der Waals surface area contributed by atoms with Gasteiger partial charge in [-0.2, -0.15) is 0 Å². The van der Waals surface area contributed by atoms with Crippen LogP contribution >= 0.6 is 7.82 Å². The first-order chi connectivity index (χ1) is 28.8. The van der Waals surface area contributed by atoms with Crippen molar-refractivity contribution in [2.45, 2.75) is 251 Å². The maximum Gasteiger partial charge on any atom is 0.472 e. The molecule has 0 aromatic heterocycles. The van der Waals surface area contributed by atoms with Crippen LogP contribution in [0.2, 0.25) is 0 Å². The number of carbonyl (C=O) groups is 2. The average molecular weight is 856 g/mol.